The Labute approximate surface area is 131 Å². The topological polar surface area (TPSA) is 38.1 Å². The number of aromatic nitrogens is 2. The summed E-state index contributed by atoms with van der Waals surface area (Å²) in [5.41, 5.74) is 2.63. The minimum absolute atomic E-state index is 0.175. The van der Waals surface area contributed by atoms with Crippen molar-refractivity contribution in [3.63, 3.8) is 0 Å². The molecule has 1 aromatic heterocycles. The van der Waals surface area contributed by atoms with Crippen molar-refractivity contribution in [3.8, 4) is 0 Å². The smallest absolute Gasteiger partial charge is 0.245 e. The second-order valence-corrected chi connectivity index (χ2v) is 6.30. The van der Waals surface area contributed by atoms with Gasteiger partial charge in [-0.3, -0.25) is 4.79 Å². The highest BCUT2D eigenvalue weighted by Gasteiger charge is 2.26. The van der Waals surface area contributed by atoms with E-state index in [9.17, 15) is 4.79 Å². The Kier molecular flexibility index (Phi) is 4.01. The predicted octanol–water partition coefficient (Wildman–Crippen LogP) is 3.15. The van der Waals surface area contributed by atoms with Crippen LogP contribution in [0.15, 0.2) is 36.7 Å². The lowest BCUT2D eigenvalue weighted by Crippen LogP contribution is -2.40. The Hall–Kier alpha value is -2.10. The van der Waals surface area contributed by atoms with Crippen molar-refractivity contribution in [2.75, 3.05) is 6.54 Å². The highest BCUT2D eigenvalue weighted by Crippen LogP contribution is 2.23. The van der Waals surface area contributed by atoms with E-state index in [-0.39, 0.29) is 11.9 Å². The number of amides is 1. The van der Waals surface area contributed by atoms with Gasteiger partial charge < -0.3 is 9.47 Å². The highest BCUT2D eigenvalue weighted by molar-refractivity contribution is 5.80. The second-order valence-electron chi connectivity index (χ2n) is 6.30. The molecular formula is C18H23N3O. The molecule has 22 heavy (non-hydrogen) atoms. The van der Waals surface area contributed by atoms with Gasteiger partial charge in [0.05, 0.1) is 0 Å². The number of fused-ring (bicyclic) bond motifs is 1. The number of nitrogens with zero attached hydrogens (tertiary/aromatic N) is 3. The molecule has 1 amide bonds. The van der Waals surface area contributed by atoms with E-state index in [4.69, 9.17) is 0 Å². The van der Waals surface area contributed by atoms with E-state index in [1.54, 1.807) is 6.20 Å². The van der Waals surface area contributed by atoms with E-state index in [0.29, 0.717) is 12.5 Å². The van der Waals surface area contributed by atoms with Gasteiger partial charge in [0, 0.05) is 31.4 Å². The molecule has 2 heterocycles. The van der Waals surface area contributed by atoms with Crippen LogP contribution in [0.4, 0.5) is 0 Å². The zero-order valence-corrected chi connectivity index (χ0v) is 13.5. The number of carbonyl (C=O) groups excluding carboxylic acids is 1. The molecule has 0 spiro atoms. The van der Waals surface area contributed by atoms with Gasteiger partial charge in [-0.05, 0) is 24.5 Å². The molecular weight excluding hydrogens is 274 g/mol. The maximum Gasteiger partial charge on any atom is 0.245 e. The van der Waals surface area contributed by atoms with Crippen molar-refractivity contribution in [3.05, 3.63) is 53.6 Å². The molecule has 3 rings (SSSR count). The van der Waals surface area contributed by atoms with E-state index < -0.39 is 0 Å². The van der Waals surface area contributed by atoms with Crippen LogP contribution in [0.5, 0.6) is 0 Å². The molecule has 1 aliphatic rings. The number of hydrogen-bond donors (Lipinski definition) is 0. The Bertz CT molecular complexity index is 674. The summed E-state index contributed by atoms with van der Waals surface area (Å²) in [5.74, 6) is 1.46. The average Bonchev–Trinajstić information content (AvgIpc) is 3.03. The fourth-order valence-corrected chi connectivity index (χ4v) is 3.17. The Morgan fingerprint density at radius 1 is 1.18 bits per heavy atom. The van der Waals surface area contributed by atoms with E-state index in [1.165, 1.54) is 11.1 Å². The second kappa shape index (κ2) is 5.95. The summed E-state index contributed by atoms with van der Waals surface area (Å²) >= 11 is 0. The molecule has 1 unspecified atom stereocenters. The number of hydrogen-bond acceptors (Lipinski definition) is 2. The van der Waals surface area contributed by atoms with Gasteiger partial charge in [-0.25, -0.2) is 4.98 Å². The van der Waals surface area contributed by atoms with Crippen LogP contribution in [-0.2, 0) is 17.8 Å². The van der Waals surface area contributed by atoms with E-state index in [2.05, 4.69) is 37.0 Å². The zero-order chi connectivity index (χ0) is 15.7. The summed E-state index contributed by atoms with van der Waals surface area (Å²) in [5, 5.41) is 0. The molecule has 0 bridgehead atoms. The molecule has 0 aliphatic carbocycles. The molecule has 0 fully saturated rings. The van der Waals surface area contributed by atoms with Gasteiger partial charge in [0.2, 0.25) is 5.91 Å². The van der Waals surface area contributed by atoms with E-state index >= 15 is 0 Å². The Morgan fingerprint density at radius 3 is 2.64 bits per heavy atom. The molecule has 0 saturated carbocycles. The highest BCUT2D eigenvalue weighted by atomic mass is 16.2. The third-order valence-electron chi connectivity index (χ3n) is 4.43. The van der Waals surface area contributed by atoms with Crippen LogP contribution in [0.25, 0.3) is 0 Å². The van der Waals surface area contributed by atoms with Crippen molar-refractivity contribution in [2.45, 2.75) is 45.7 Å². The molecule has 0 N–H and O–H groups in total. The number of benzene rings is 1. The minimum atomic E-state index is -0.204. The Morgan fingerprint density at radius 2 is 1.91 bits per heavy atom. The maximum absolute atomic E-state index is 12.9. The van der Waals surface area contributed by atoms with Gasteiger partial charge in [0.15, 0.2) is 0 Å². The van der Waals surface area contributed by atoms with Crippen molar-refractivity contribution in [2.24, 2.45) is 0 Å². The van der Waals surface area contributed by atoms with Gasteiger partial charge in [0.1, 0.15) is 11.9 Å². The largest absolute Gasteiger partial charge is 0.336 e. The number of rotatable bonds is 3. The van der Waals surface area contributed by atoms with Gasteiger partial charge in [-0.2, -0.15) is 0 Å². The minimum Gasteiger partial charge on any atom is -0.336 e. The first kappa shape index (κ1) is 14.8. The van der Waals surface area contributed by atoms with Crippen molar-refractivity contribution >= 4 is 5.91 Å². The summed E-state index contributed by atoms with van der Waals surface area (Å²) in [7, 11) is 0. The van der Waals surface area contributed by atoms with Crippen LogP contribution in [0, 0.1) is 0 Å². The summed E-state index contributed by atoms with van der Waals surface area (Å²) in [4.78, 5) is 19.2. The van der Waals surface area contributed by atoms with Gasteiger partial charge in [-0.1, -0.05) is 38.1 Å². The lowest BCUT2D eigenvalue weighted by atomic mass is 9.99. The normalized spacial score (nSPS) is 15.7. The molecule has 2 aromatic rings. The molecule has 4 heteroatoms. The summed E-state index contributed by atoms with van der Waals surface area (Å²) in [6, 6.07) is 8.19. The molecule has 0 radical (unpaired) electrons. The van der Waals surface area contributed by atoms with Crippen LogP contribution < -0.4 is 0 Å². The van der Waals surface area contributed by atoms with Gasteiger partial charge >= 0.3 is 0 Å². The fourth-order valence-electron chi connectivity index (χ4n) is 3.17. The SMILES string of the molecule is CC(C)c1nccn1C(C)C(=O)N1CCc2ccccc2C1. The first-order valence-corrected chi connectivity index (χ1v) is 7.96. The van der Waals surface area contributed by atoms with E-state index in [0.717, 1.165) is 18.8 Å². The maximum atomic E-state index is 12.9. The average molecular weight is 297 g/mol. The first-order valence-electron chi connectivity index (χ1n) is 7.96. The first-order chi connectivity index (χ1) is 10.6. The zero-order valence-electron chi connectivity index (χ0n) is 13.5. The summed E-state index contributed by atoms with van der Waals surface area (Å²) in [6.45, 7) is 7.69. The monoisotopic (exact) mass is 297 g/mol. The van der Waals surface area contributed by atoms with Crippen LogP contribution in [-0.4, -0.2) is 26.9 Å². The van der Waals surface area contributed by atoms with Crippen LogP contribution in [0.3, 0.4) is 0 Å². The molecule has 1 atom stereocenters. The van der Waals surface area contributed by atoms with Gasteiger partial charge in [0.25, 0.3) is 0 Å². The van der Waals surface area contributed by atoms with Crippen molar-refractivity contribution in [1.82, 2.24) is 14.5 Å². The van der Waals surface area contributed by atoms with Crippen molar-refractivity contribution < 1.29 is 4.79 Å². The number of carbonyl (C=O) groups is 1. The summed E-state index contributed by atoms with van der Waals surface area (Å²) < 4.78 is 2.01. The third-order valence-corrected chi connectivity index (χ3v) is 4.43. The predicted molar refractivity (Wildman–Crippen MR) is 86.6 cm³/mol. The lowest BCUT2D eigenvalue weighted by molar-refractivity contribution is -0.135. The van der Waals surface area contributed by atoms with Gasteiger partial charge in [-0.15, -0.1) is 0 Å². The van der Waals surface area contributed by atoms with Crippen LogP contribution >= 0.6 is 0 Å². The standard InChI is InChI=1S/C18H23N3O/c1-13(2)17-19-9-11-21(17)14(3)18(22)20-10-8-15-6-4-5-7-16(15)12-20/h4-7,9,11,13-14H,8,10,12H2,1-3H3. The third kappa shape index (κ3) is 2.65. The quantitative estimate of drug-likeness (QED) is 0.873. The lowest BCUT2D eigenvalue weighted by Gasteiger charge is -2.31. The Balaban J connectivity index is 1.78. The molecule has 1 aliphatic heterocycles. The fraction of sp³-hybridized carbons (Fsp3) is 0.444. The number of imidazole rings is 1. The molecule has 116 valence electrons. The van der Waals surface area contributed by atoms with Crippen LogP contribution in [0.1, 0.15) is 49.7 Å². The molecule has 1 aromatic carbocycles. The van der Waals surface area contributed by atoms with E-state index in [1.807, 2.05) is 28.7 Å². The van der Waals surface area contributed by atoms with Crippen LogP contribution in [0.2, 0.25) is 0 Å². The molecule has 4 nitrogen and oxygen atoms in total. The summed E-state index contributed by atoms with van der Waals surface area (Å²) in [6.07, 6.45) is 4.63. The molecule has 0 saturated heterocycles. The van der Waals surface area contributed by atoms with Crippen molar-refractivity contribution in [1.29, 1.82) is 0 Å².